The fourth-order valence-electron chi connectivity index (χ4n) is 0.371. The summed E-state index contributed by atoms with van der Waals surface area (Å²) in [6, 6.07) is 0. The maximum absolute atomic E-state index is 10.4. The zero-order valence-electron chi connectivity index (χ0n) is 6.49. The highest BCUT2D eigenvalue weighted by Gasteiger charge is 2.00. The molecule has 0 amide bonds. The molecule has 0 fully saturated rings. The summed E-state index contributed by atoms with van der Waals surface area (Å²) in [4.78, 5) is 1.85. The first kappa shape index (κ1) is 9.87. The molecule has 4 nitrogen and oxygen atoms in total. The highest BCUT2D eigenvalue weighted by Crippen LogP contribution is 1.85. The van der Waals surface area contributed by atoms with Crippen LogP contribution in [-0.4, -0.2) is 46.8 Å². The standard InChI is InChI=1S/C5H13NO3S/c1-6(2)4-5-9-10(3,7)8/h4-5H2,1-3H3. The van der Waals surface area contributed by atoms with E-state index in [1.807, 2.05) is 19.0 Å². The molecule has 0 rings (SSSR count). The molecule has 0 saturated carbocycles. The van der Waals surface area contributed by atoms with Crippen LogP contribution in [0.3, 0.4) is 0 Å². The van der Waals surface area contributed by atoms with Gasteiger partial charge in [-0.05, 0) is 14.1 Å². The van der Waals surface area contributed by atoms with Gasteiger partial charge < -0.3 is 4.90 Å². The third-order valence-corrected chi connectivity index (χ3v) is 1.43. The van der Waals surface area contributed by atoms with E-state index in [9.17, 15) is 8.42 Å². The maximum atomic E-state index is 10.4. The predicted molar refractivity (Wildman–Crippen MR) is 39.3 cm³/mol. The lowest BCUT2D eigenvalue weighted by Gasteiger charge is -2.07. The summed E-state index contributed by atoms with van der Waals surface area (Å²) < 4.78 is 25.2. The highest BCUT2D eigenvalue weighted by atomic mass is 32.2. The second-order valence-electron chi connectivity index (χ2n) is 2.33. The van der Waals surface area contributed by atoms with E-state index in [1.54, 1.807) is 0 Å². The van der Waals surface area contributed by atoms with Gasteiger partial charge >= 0.3 is 0 Å². The summed E-state index contributed by atoms with van der Waals surface area (Å²) in [6.45, 7) is 0.846. The number of rotatable bonds is 4. The first-order valence-electron chi connectivity index (χ1n) is 2.91. The number of likely N-dealkylation sites (N-methyl/N-ethyl adjacent to an activating group) is 1. The molecule has 0 aromatic rings. The van der Waals surface area contributed by atoms with Crippen molar-refractivity contribution in [2.45, 2.75) is 0 Å². The molecule has 0 N–H and O–H groups in total. The number of hydrogen-bond acceptors (Lipinski definition) is 4. The van der Waals surface area contributed by atoms with Gasteiger partial charge in [0, 0.05) is 6.54 Å². The molecule has 0 spiro atoms. The van der Waals surface area contributed by atoms with Gasteiger partial charge in [-0.3, -0.25) is 4.18 Å². The molecule has 62 valence electrons. The van der Waals surface area contributed by atoms with E-state index in [1.165, 1.54) is 0 Å². The molecule has 0 heterocycles. The average Bonchev–Trinajstić information content (AvgIpc) is 1.59. The first-order chi connectivity index (χ1) is 4.42. The first-order valence-corrected chi connectivity index (χ1v) is 4.72. The van der Waals surface area contributed by atoms with Crippen LogP contribution in [0.15, 0.2) is 0 Å². The molecule has 0 aliphatic carbocycles. The van der Waals surface area contributed by atoms with Crippen LogP contribution >= 0.6 is 0 Å². The quantitative estimate of drug-likeness (QED) is 0.531. The van der Waals surface area contributed by atoms with Gasteiger partial charge in [-0.15, -0.1) is 0 Å². The maximum Gasteiger partial charge on any atom is 0.264 e. The molecule has 0 atom stereocenters. The Bertz CT molecular complexity index is 173. The Morgan fingerprint density at radius 2 is 1.90 bits per heavy atom. The van der Waals surface area contributed by atoms with Gasteiger partial charge in [-0.1, -0.05) is 0 Å². The van der Waals surface area contributed by atoms with Crippen molar-refractivity contribution in [1.82, 2.24) is 4.90 Å². The summed E-state index contributed by atoms with van der Waals surface area (Å²) >= 11 is 0. The average molecular weight is 167 g/mol. The van der Waals surface area contributed by atoms with E-state index in [-0.39, 0.29) is 6.61 Å². The largest absolute Gasteiger partial charge is 0.307 e. The van der Waals surface area contributed by atoms with Crippen LogP contribution in [0, 0.1) is 0 Å². The SMILES string of the molecule is CN(C)CCOS(C)(=O)=O. The Hall–Kier alpha value is -0.130. The molecular weight excluding hydrogens is 154 g/mol. The van der Waals surface area contributed by atoms with Crippen molar-refractivity contribution in [2.75, 3.05) is 33.5 Å². The minimum absolute atomic E-state index is 0.228. The predicted octanol–water partition coefficient (Wildman–Crippen LogP) is -0.476. The third kappa shape index (κ3) is 7.87. The molecule has 0 aliphatic rings. The van der Waals surface area contributed by atoms with Gasteiger partial charge in [0.15, 0.2) is 0 Å². The number of hydrogen-bond donors (Lipinski definition) is 0. The molecule has 0 bridgehead atoms. The van der Waals surface area contributed by atoms with Crippen molar-refractivity contribution >= 4 is 10.1 Å². The van der Waals surface area contributed by atoms with Crippen molar-refractivity contribution in [3.63, 3.8) is 0 Å². The Kier molecular flexibility index (Phi) is 3.85. The molecule has 0 aromatic heterocycles. The van der Waals surface area contributed by atoms with Crippen molar-refractivity contribution in [3.05, 3.63) is 0 Å². The third-order valence-electron chi connectivity index (χ3n) is 0.836. The van der Waals surface area contributed by atoms with Crippen molar-refractivity contribution in [2.24, 2.45) is 0 Å². The lowest BCUT2D eigenvalue weighted by Crippen LogP contribution is -2.19. The zero-order valence-corrected chi connectivity index (χ0v) is 7.31. The van der Waals surface area contributed by atoms with Gasteiger partial charge in [0.05, 0.1) is 12.9 Å². The monoisotopic (exact) mass is 167 g/mol. The van der Waals surface area contributed by atoms with Crippen LogP contribution in [0.5, 0.6) is 0 Å². The molecule has 0 unspecified atom stereocenters. The highest BCUT2D eigenvalue weighted by molar-refractivity contribution is 7.85. The summed E-state index contributed by atoms with van der Waals surface area (Å²) in [6.07, 6.45) is 1.04. The molecule has 5 heteroatoms. The van der Waals surface area contributed by atoms with Crippen LogP contribution in [-0.2, 0) is 14.3 Å². The van der Waals surface area contributed by atoms with E-state index in [4.69, 9.17) is 0 Å². The summed E-state index contributed by atoms with van der Waals surface area (Å²) in [5, 5.41) is 0. The molecule has 10 heavy (non-hydrogen) atoms. The minimum Gasteiger partial charge on any atom is -0.307 e. The fourth-order valence-corrected chi connectivity index (χ4v) is 0.749. The Morgan fingerprint density at radius 3 is 2.20 bits per heavy atom. The van der Waals surface area contributed by atoms with Crippen molar-refractivity contribution < 1.29 is 12.6 Å². The van der Waals surface area contributed by atoms with Crippen molar-refractivity contribution in [1.29, 1.82) is 0 Å². The van der Waals surface area contributed by atoms with E-state index >= 15 is 0 Å². The van der Waals surface area contributed by atoms with Gasteiger partial charge in [-0.25, -0.2) is 0 Å². The summed E-state index contributed by atoms with van der Waals surface area (Å²) in [7, 11) is 0.459. The van der Waals surface area contributed by atoms with E-state index in [0.29, 0.717) is 6.54 Å². The lowest BCUT2D eigenvalue weighted by atomic mass is 10.6. The van der Waals surface area contributed by atoms with E-state index in [0.717, 1.165) is 6.26 Å². The Balaban J connectivity index is 3.39. The van der Waals surface area contributed by atoms with Crippen LogP contribution in [0.2, 0.25) is 0 Å². The fraction of sp³-hybridized carbons (Fsp3) is 1.00. The lowest BCUT2D eigenvalue weighted by molar-refractivity contribution is 0.267. The summed E-state index contributed by atoms with van der Waals surface area (Å²) in [5.41, 5.74) is 0. The Morgan fingerprint density at radius 1 is 1.40 bits per heavy atom. The molecule has 0 saturated heterocycles. The van der Waals surface area contributed by atoms with Gasteiger partial charge in [0.1, 0.15) is 0 Å². The molecule has 0 aromatic carbocycles. The van der Waals surface area contributed by atoms with Crippen LogP contribution in [0.25, 0.3) is 0 Å². The second kappa shape index (κ2) is 3.90. The Labute approximate surface area is 61.9 Å². The van der Waals surface area contributed by atoms with Crippen LogP contribution in [0.4, 0.5) is 0 Å². The van der Waals surface area contributed by atoms with E-state index < -0.39 is 10.1 Å². The molecular formula is C5H13NO3S. The van der Waals surface area contributed by atoms with Gasteiger partial charge in [-0.2, -0.15) is 8.42 Å². The summed E-state index contributed by atoms with van der Waals surface area (Å²) in [5.74, 6) is 0. The molecule has 0 aliphatic heterocycles. The van der Waals surface area contributed by atoms with Gasteiger partial charge in [0.25, 0.3) is 10.1 Å². The minimum atomic E-state index is -3.25. The molecule has 0 radical (unpaired) electrons. The number of nitrogens with zero attached hydrogens (tertiary/aromatic N) is 1. The zero-order chi connectivity index (χ0) is 8.20. The topological polar surface area (TPSA) is 46.6 Å². The van der Waals surface area contributed by atoms with Crippen molar-refractivity contribution in [3.8, 4) is 0 Å². The smallest absolute Gasteiger partial charge is 0.264 e. The van der Waals surface area contributed by atoms with Crippen LogP contribution < -0.4 is 0 Å². The van der Waals surface area contributed by atoms with Gasteiger partial charge in [0.2, 0.25) is 0 Å². The van der Waals surface area contributed by atoms with E-state index in [2.05, 4.69) is 4.18 Å². The normalized spacial score (nSPS) is 12.4. The van der Waals surface area contributed by atoms with Crippen LogP contribution in [0.1, 0.15) is 0 Å². The second-order valence-corrected chi connectivity index (χ2v) is 3.97.